The van der Waals surface area contributed by atoms with Gasteiger partial charge in [-0.1, -0.05) is 85.2 Å². The second-order valence-corrected chi connectivity index (χ2v) is 10.6. The Bertz CT molecular complexity index is 1380. The van der Waals surface area contributed by atoms with Gasteiger partial charge in [-0.15, -0.1) is 0 Å². The molecule has 1 N–H and O–H groups in total. The molecule has 0 amide bonds. The van der Waals surface area contributed by atoms with E-state index in [1.165, 1.54) is 0 Å². The van der Waals surface area contributed by atoms with Crippen molar-refractivity contribution in [3.8, 4) is 22.5 Å². The minimum Gasteiger partial charge on any atom is -0.475 e. The van der Waals surface area contributed by atoms with Crippen LogP contribution in [-0.4, -0.2) is 21.4 Å². The van der Waals surface area contributed by atoms with E-state index in [-0.39, 0.29) is 11.1 Å². The number of carbonyl (C=O) groups excluding carboxylic acids is 1. The highest BCUT2D eigenvalue weighted by Crippen LogP contribution is 2.61. The molecule has 4 aromatic rings. The molecule has 0 saturated heterocycles. The van der Waals surface area contributed by atoms with Gasteiger partial charge in [-0.25, -0.2) is 4.79 Å². The fourth-order valence-electron chi connectivity index (χ4n) is 5.24. The van der Waals surface area contributed by atoms with Crippen LogP contribution >= 0.6 is 15.9 Å². The number of fused-ring (bicyclic) bond motifs is 2. The molecule has 33 heavy (non-hydrogen) atoms. The molecule has 1 aliphatic rings. The fourth-order valence-corrected chi connectivity index (χ4v) is 5.78. The maximum Gasteiger partial charge on any atom is 0.378 e. The number of rotatable bonds is 5. The highest BCUT2D eigenvalue weighted by atomic mass is 79.9. The van der Waals surface area contributed by atoms with Gasteiger partial charge in [0, 0.05) is 28.6 Å². The molecular weight excluding hydrogens is 482 g/mol. The Morgan fingerprint density at radius 1 is 1.06 bits per heavy atom. The largest absolute Gasteiger partial charge is 0.475 e. The van der Waals surface area contributed by atoms with Crippen LogP contribution in [0.2, 0.25) is 0 Å². The zero-order valence-corrected chi connectivity index (χ0v) is 20.3. The van der Waals surface area contributed by atoms with Crippen molar-refractivity contribution in [3.05, 3.63) is 72.1 Å². The Morgan fingerprint density at radius 3 is 2.36 bits per heavy atom. The molecule has 2 aromatic heterocycles. The van der Waals surface area contributed by atoms with Gasteiger partial charge in [-0.2, -0.15) is 0 Å². The molecule has 0 bridgehead atoms. The fraction of sp³-hybridized carbons (Fsp3) is 0.259. The number of para-hydroxylation sites is 1. The minimum atomic E-state index is -1.48. The van der Waals surface area contributed by atoms with E-state index in [0.717, 1.165) is 28.6 Å². The van der Waals surface area contributed by atoms with E-state index >= 15 is 0 Å². The molecule has 6 heteroatoms. The van der Waals surface area contributed by atoms with Gasteiger partial charge >= 0.3 is 5.97 Å². The van der Waals surface area contributed by atoms with Crippen LogP contribution in [0.5, 0.6) is 0 Å². The number of carbonyl (C=O) groups is 2. The summed E-state index contributed by atoms with van der Waals surface area (Å²) in [5.41, 5.74) is 3.81. The van der Waals surface area contributed by atoms with Crippen molar-refractivity contribution >= 4 is 38.7 Å². The van der Waals surface area contributed by atoms with Crippen molar-refractivity contribution in [2.45, 2.75) is 38.1 Å². The summed E-state index contributed by atoms with van der Waals surface area (Å²) in [4.78, 5) is 25.2. The number of alkyl halides is 1. The van der Waals surface area contributed by atoms with Crippen LogP contribution in [0.15, 0.2) is 65.1 Å². The Labute approximate surface area is 200 Å². The van der Waals surface area contributed by atoms with E-state index in [2.05, 4.69) is 36.7 Å². The summed E-state index contributed by atoms with van der Waals surface area (Å²) in [6.07, 6.45) is 0.768. The molecule has 5 rings (SSSR count). The lowest BCUT2D eigenvalue weighted by Crippen LogP contribution is -2.32. The molecule has 0 radical (unpaired) electrons. The maximum absolute atomic E-state index is 13.2. The molecular formula is C27H24BrNO4. The molecule has 1 aliphatic heterocycles. The molecule has 0 saturated carbocycles. The molecule has 1 unspecified atom stereocenters. The second kappa shape index (κ2) is 7.45. The van der Waals surface area contributed by atoms with Crippen molar-refractivity contribution in [1.29, 1.82) is 0 Å². The number of hydrogen-bond donors (Lipinski definition) is 1. The van der Waals surface area contributed by atoms with Crippen molar-refractivity contribution in [2.75, 3.05) is 0 Å². The first-order valence-electron chi connectivity index (χ1n) is 11.0. The second-order valence-electron chi connectivity index (χ2n) is 9.22. The Balaban J connectivity index is 1.96. The average Bonchev–Trinajstić information content (AvgIpc) is 3.42. The molecule has 0 fully saturated rings. The van der Waals surface area contributed by atoms with E-state index in [1.807, 2.05) is 65.2 Å². The number of aliphatic carboxylic acids is 1. The van der Waals surface area contributed by atoms with Crippen molar-refractivity contribution in [1.82, 2.24) is 4.57 Å². The number of nitrogens with zero attached hydrogens (tertiary/aromatic N) is 1. The number of carboxylic acids is 1. The van der Waals surface area contributed by atoms with Gasteiger partial charge in [0.15, 0.2) is 0 Å². The summed E-state index contributed by atoms with van der Waals surface area (Å²) in [6, 6.07) is 19.3. The lowest BCUT2D eigenvalue weighted by molar-refractivity contribution is -0.131. The molecule has 3 heterocycles. The molecule has 168 valence electrons. The van der Waals surface area contributed by atoms with E-state index < -0.39 is 16.1 Å². The van der Waals surface area contributed by atoms with Crippen molar-refractivity contribution in [3.63, 3.8) is 0 Å². The summed E-state index contributed by atoms with van der Waals surface area (Å²) < 4.78 is 7.65. The van der Waals surface area contributed by atoms with Gasteiger partial charge in [-0.05, 0) is 24.1 Å². The Hall–Kier alpha value is -3.12. The third kappa shape index (κ3) is 3.04. The molecule has 5 nitrogen and oxygen atoms in total. The standard InChI is InChI=1S/C27H24BrNO4/c1-4-27(28)24-20(16-10-6-5-7-11-16)21(19-14-17-12-8-9-13-18(17)33-19)22(23(30)25(31)32)29(24)15-26(27,2)3/h5-14H,4,15H2,1-3H3,(H,31,32). The number of benzene rings is 2. The van der Waals surface area contributed by atoms with Gasteiger partial charge in [0.05, 0.1) is 9.89 Å². The highest BCUT2D eigenvalue weighted by molar-refractivity contribution is 9.09. The third-order valence-corrected chi connectivity index (χ3v) is 8.91. The molecule has 1 atom stereocenters. The third-order valence-electron chi connectivity index (χ3n) is 6.90. The lowest BCUT2D eigenvalue weighted by atomic mass is 9.76. The van der Waals surface area contributed by atoms with Crippen LogP contribution in [0.25, 0.3) is 33.4 Å². The monoisotopic (exact) mass is 505 g/mol. The predicted molar refractivity (Wildman–Crippen MR) is 132 cm³/mol. The van der Waals surface area contributed by atoms with Crippen LogP contribution in [0, 0.1) is 5.41 Å². The number of hydrogen-bond acceptors (Lipinski definition) is 3. The van der Waals surface area contributed by atoms with Crippen LogP contribution in [0.4, 0.5) is 0 Å². The number of carboxylic acid groups (broad SMARTS) is 1. The van der Waals surface area contributed by atoms with Gasteiger partial charge in [0.25, 0.3) is 5.78 Å². The smallest absolute Gasteiger partial charge is 0.378 e. The predicted octanol–water partition coefficient (Wildman–Crippen LogP) is 6.88. The average molecular weight is 506 g/mol. The summed E-state index contributed by atoms with van der Waals surface area (Å²) in [7, 11) is 0. The van der Waals surface area contributed by atoms with Crippen molar-refractivity contribution in [2.24, 2.45) is 5.41 Å². The van der Waals surface area contributed by atoms with Crippen LogP contribution < -0.4 is 0 Å². The topological polar surface area (TPSA) is 72.4 Å². The summed E-state index contributed by atoms with van der Waals surface area (Å²) >= 11 is 4.04. The lowest BCUT2D eigenvalue weighted by Gasteiger charge is -2.36. The van der Waals surface area contributed by atoms with E-state index in [9.17, 15) is 14.7 Å². The van der Waals surface area contributed by atoms with Crippen LogP contribution in [0.3, 0.4) is 0 Å². The number of furan rings is 1. The summed E-state index contributed by atoms with van der Waals surface area (Å²) in [6.45, 7) is 6.90. The number of halogens is 1. The van der Waals surface area contributed by atoms with Gasteiger partial charge in [-0.3, -0.25) is 4.79 Å². The maximum atomic E-state index is 13.2. The van der Waals surface area contributed by atoms with Crippen molar-refractivity contribution < 1.29 is 19.1 Å². The van der Waals surface area contributed by atoms with Crippen LogP contribution in [0.1, 0.15) is 43.4 Å². The van der Waals surface area contributed by atoms with E-state index in [1.54, 1.807) is 0 Å². The summed E-state index contributed by atoms with van der Waals surface area (Å²) in [5, 5.41) is 10.7. The first-order valence-corrected chi connectivity index (χ1v) is 11.8. The number of aromatic nitrogens is 1. The molecule has 0 aliphatic carbocycles. The first kappa shape index (κ1) is 21.7. The normalized spacial score (nSPS) is 19.0. The van der Waals surface area contributed by atoms with Gasteiger partial charge < -0.3 is 14.1 Å². The quantitative estimate of drug-likeness (QED) is 0.182. The first-order chi connectivity index (χ1) is 15.7. The van der Waals surface area contributed by atoms with E-state index in [4.69, 9.17) is 4.42 Å². The Kier molecular flexibility index (Phi) is 4.90. The summed E-state index contributed by atoms with van der Waals surface area (Å²) in [5.74, 6) is -1.92. The Morgan fingerprint density at radius 2 is 1.73 bits per heavy atom. The van der Waals surface area contributed by atoms with E-state index in [0.29, 0.717) is 23.5 Å². The molecule has 2 aromatic carbocycles. The molecule has 0 spiro atoms. The zero-order valence-electron chi connectivity index (χ0n) is 18.7. The van der Waals surface area contributed by atoms with Crippen LogP contribution in [-0.2, 0) is 15.7 Å². The highest BCUT2D eigenvalue weighted by Gasteiger charge is 2.54. The number of ketones is 1. The van der Waals surface area contributed by atoms with Gasteiger partial charge in [0.1, 0.15) is 17.0 Å². The van der Waals surface area contributed by atoms with Gasteiger partial charge in [0.2, 0.25) is 0 Å². The SMILES string of the molecule is CCC1(Br)c2c(-c3ccccc3)c(-c3cc4ccccc4o3)c(C(=O)C(=O)O)n2CC1(C)C. The number of Topliss-reactive ketones (excluding diaryl/α,β-unsaturated/α-hetero) is 1. The minimum absolute atomic E-state index is 0.165. The zero-order chi connectivity index (χ0) is 23.5.